The van der Waals surface area contributed by atoms with E-state index in [0.29, 0.717) is 11.4 Å². The Bertz CT molecular complexity index is 1030. The fourth-order valence-electron chi connectivity index (χ4n) is 2.47. The Balaban J connectivity index is 1.70. The summed E-state index contributed by atoms with van der Waals surface area (Å²) in [6.45, 7) is 0. The molecule has 0 aromatic heterocycles. The Morgan fingerprint density at radius 1 is 1.00 bits per heavy atom. The predicted octanol–water partition coefficient (Wildman–Crippen LogP) is 3.13. The van der Waals surface area contributed by atoms with Gasteiger partial charge in [0.15, 0.2) is 0 Å². The highest BCUT2D eigenvalue weighted by molar-refractivity contribution is 7.89. The van der Waals surface area contributed by atoms with Crippen molar-refractivity contribution >= 4 is 44.9 Å². The molecule has 8 nitrogen and oxygen atoms in total. The van der Waals surface area contributed by atoms with E-state index in [0.717, 1.165) is 17.1 Å². The minimum atomic E-state index is -3.70. The van der Waals surface area contributed by atoms with Gasteiger partial charge in [-0.25, -0.2) is 17.5 Å². The second-order valence-electron chi connectivity index (χ2n) is 6.83. The molecule has 0 saturated heterocycles. The summed E-state index contributed by atoms with van der Waals surface area (Å²) in [5.41, 5.74) is 1.10. The van der Waals surface area contributed by atoms with Crippen molar-refractivity contribution in [1.82, 2.24) is 9.62 Å². The zero-order valence-electron chi connectivity index (χ0n) is 15.9. The molecule has 0 radical (unpaired) electrons. The third-order valence-electron chi connectivity index (χ3n) is 4.27. The van der Waals surface area contributed by atoms with Gasteiger partial charge in [0, 0.05) is 31.5 Å². The van der Waals surface area contributed by atoms with Crippen molar-refractivity contribution in [3.05, 3.63) is 53.1 Å². The quantitative estimate of drug-likeness (QED) is 0.646. The maximum absolute atomic E-state index is 12.6. The number of sulfonamides is 1. The SMILES string of the molecule is CN(C)S(=O)(=O)c1ccc(Cl)c(C(=O)Nc2ccc(NC(=O)NC3CC3)cc2)c1. The number of rotatable bonds is 6. The first kappa shape index (κ1) is 21.1. The van der Waals surface area contributed by atoms with E-state index < -0.39 is 15.9 Å². The first-order valence-electron chi connectivity index (χ1n) is 8.88. The molecular weight excluding hydrogens is 416 g/mol. The number of amides is 3. The highest BCUT2D eigenvalue weighted by atomic mass is 35.5. The van der Waals surface area contributed by atoms with Crippen LogP contribution in [0.5, 0.6) is 0 Å². The molecule has 154 valence electrons. The van der Waals surface area contributed by atoms with E-state index >= 15 is 0 Å². The summed E-state index contributed by atoms with van der Waals surface area (Å²) in [5, 5.41) is 8.33. The van der Waals surface area contributed by atoms with Gasteiger partial charge in [-0.15, -0.1) is 0 Å². The molecule has 0 heterocycles. The number of anilines is 2. The van der Waals surface area contributed by atoms with E-state index in [1.807, 2.05) is 0 Å². The van der Waals surface area contributed by atoms with Crippen LogP contribution >= 0.6 is 11.6 Å². The first-order valence-corrected chi connectivity index (χ1v) is 10.7. The smallest absolute Gasteiger partial charge is 0.319 e. The first-order chi connectivity index (χ1) is 13.7. The van der Waals surface area contributed by atoms with Crippen LogP contribution in [0.4, 0.5) is 16.2 Å². The van der Waals surface area contributed by atoms with Crippen LogP contribution in [-0.2, 0) is 10.0 Å². The topological polar surface area (TPSA) is 108 Å². The molecule has 0 atom stereocenters. The fraction of sp³-hybridized carbons (Fsp3) is 0.263. The normalized spacial score (nSPS) is 13.8. The van der Waals surface area contributed by atoms with Gasteiger partial charge in [0.1, 0.15) is 0 Å². The number of hydrogen-bond acceptors (Lipinski definition) is 4. The Kier molecular flexibility index (Phi) is 6.11. The van der Waals surface area contributed by atoms with Gasteiger partial charge in [-0.05, 0) is 55.3 Å². The van der Waals surface area contributed by atoms with Gasteiger partial charge >= 0.3 is 6.03 Å². The molecule has 3 rings (SSSR count). The standard InChI is InChI=1S/C19H21ClN4O4S/c1-24(2)29(27,28)15-9-10-17(20)16(11-15)18(25)21-12-3-5-13(6-4-12)22-19(26)23-14-7-8-14/h3-6,9-11,14H,7-8H2,1-2H3,(H,21,25)(H2,22,23,26). The van der Waals surface area contributed by atoms with E-state index in [-0.39, 0.29) is 27.6 Å². The molecule has 3 N–H and O–H groups in total. The number of benzene rings is 2. The van der Waals surface area contributed by atoms with E-state index in [2.05, 4.69) is 16.0 Å². The zero-order valence-corrected chi connectivity index (χ0v) is 17.5. The molecule has 2 aromatic carbocycles. The second kappa shape index (κ2) is 8.40. The summed E-state index contributed by atoms with van der Waals surface area (Å²) >= 11 is 6.09. The van der Waals surface area contributed by atoms with Crippen molar-refractivity contribution in [2.45, 2.75) is 23.8 Å². The van der Waals surface area contributed by atoms with Crippen LogP contribution < -0.4 is 16.0 Å². The highest BCUT2D eigenvalue weighted by Crippen LogP contribution is 2.24. The third kappa shape index (κ3) is 5.26. The Morgan fingerprint density at radius 3 is 2.14 bits per heavy atom. The van der Waals surface area contributed by atoms with E-state index in [4.69, 9.17) is 11.6 Å². The lowest BCUT2D eigenvalue weighted by Gasteiger charge is -2.13. The molecule has 1 aliphatic carbocycles. The van der Waals surface area contributed by atoms with Crippen LogP contribution in [0.1, 0.15) is 23.2 Å². The molecule has 1 fully saturated rings. The summed E-state index contributed by atoms with van der Waals surface area (Å²) in [7, 11) is -0.882. The van der Waals surface area contributed by atoms with Crippen molar-refractivity contribution in [1.29, 1.82) is 0 Å². The summed E-state index contributed by atoms with van der Waals surface area (Å²) in [6, 6.07) is 10.5. The number of carbonyl (C=O) groups is 2. The second-order valence-corrected chi connectivity index (χ2v) is 9.39. The molecule has 0 spiro atoms. The molecule has 29 heavy (non-hydrogen) atoms. The van der Waals surface area contributed by atoms with Gasteiger partial charge in [0.2, 0.25) is 10.0 Å². The molecule has 1 aliphatic rings. The molecule has 0 unspecified atom stereocenters. The van der Waals surface area contributed by atoms with Crippen LogP contribution in [0.25, 0.3) is 0 Å². The summed E-state index contributed by atoms with van der Waals surface area (Å²) in [6.07, 6.45) is 2.00. The van der Waals surface area contributed by atoms with Gasteiger partial charge in [-0.3, -0.25) is 4.79 Å². The summed E-state index contributed by atoms with van der Waals surface area (Å²) in [4.78, 5) is 24.3. The van der Waals surface area contributed by atoms with E-state index in [1.54, 1.807) is 24.3 Å². The summed E-state index contributed by atoms with van der Waals surface area (Å²) in [5.74, 6) is -0.544. The highest BCUT2D eigenvalue weighted by Gasteiger charge is 2.23. The Morgan fingerprint density at radius 2 is 1.59 bits per heavy atom. The predicted molar refractivity (Wildman–Crippen MR) is 112 cm³/mol. The molecule has 10 heteroatoms. The number of nitrogens with one attached hydrogen (secondary N) is 3. The molecule has 1 saturated carbocycles. The maximum Gasteiger partial charge on any atom is 0.319 e. The van der Waals surface area contributed by atoms with Crippen molar-refractivity contribution in [2.24, 2.45) is 0 Å². The number of urea groups is 1. The van der Waals surface area contributed by atoms with Crippen LogP contribution in [0.15, 0.2) is 47.4 Å². The average molecular weight is 437 g/mol. The molecule has 0 aliphatic heterocycles. The molecule has 3 amide bonds. The van der Waals surface area contributed by atoms with Crippen molar-refractivity contribution in [3.63, 3.8) is 0 Å². The van der Waals surface area contributed by atoms with Crippen molar-refractivity contribution in [2.75, 3.05) is 24.7 Å². The lowest BCUT2D eigenvalue weighted by atomic mass is 10.2. The van der Waals surface area contributed by atoms with E-state index in [1.165, 1.54) is 32.3 Å². The molecular formula is C19H21ClN4O4S. The van der Waals surface area contributed by atoms with Gasteiger partial charge in [-0.2, -0.15) is 0 Å². The lowest BCUT2D eigenvalue weighted by Crippen LogP contribution is -2.30. The largest absolute Gasteiger partial charge is 0.335 e. The zero-order chi connectivity index (χ0) is 21.2. The minimum absolute atomic E-state index is 0.0294. The fourth-order valence-corrected chi connectivity index (χ4v) is 3.60. The molecule has 0 bridgehead atoms. The lowest BCUT2D eigenvalue weighted by molar-refractivity contribution is 0.102. The maximum atomic E-state index is 12.6. The number of nitrogens with zero attached hydrogens (tertiary/aromatic N) is 1. The van der Waals surface area contributed by atoms with Crippen molar-refractivity contribution in [3.8, 4) is 0 Å². The van der Waals surface area contributed by atoms with Crippen molar-refractivity contribution < 1.29 is 18.0 Å². The Labute approximate surface area is 174 Å². The summed E-state index contributed by atoms with van der Waals surface area (Å²) < 4.78 is 25.6. The third-order valence-corrected chi connectivity index (χ3v) is 6.41. The van der Waals surface area contributed by atoms with Crippen LogP contribution in [0, 0.1) is 0 Å². The van der Waals surface area contributed by atoms with Crippen LogP contribution in [0.3, 0.4) is 0 Å². The average Bonchev–Trinajstić information content (AvgIpc) is 3.47. The minimum Gasteiger partial charge on any atom is -0.335 e. The Hall–Kier alpha value is -2.62. The van der Waals surface area contributed by atoms with E-state index in [9.17, 15) is 18.0 Å². The number of hydrogen-bond donors (Lipinski definition) is 3. The number of carbonyl (C=O) groups excluding carboxylic acids is 2. The van der Waals surface area contributed by atoms with Gasteiger partial charge in [-0.1, -0.05) is 11.6 Å². The van der Waals surface area contributed by atoms with Crippen LogP contribution in [0.2, 0.25) is 5.02 Å². The van der Waals surface area contributed by atoms with Crippen LogP contribution in [-0.4, -0.2) is 44.8 Å². The van der Waals surface area contributed by atoms with Gasteiger partial charge in [0.05, 0.1) is 15.5 Å². The van der Waals surface area contributed by atoms with Gasteiger partial charge < -0.3 is 16.0 Å². The monoisotopic (exact) mass is 436 g/mol. The molecule has 2 aromatic rings. The number of halogens is 1. The van der Waals surface area contributed by atoms with Gasteiger partial charge in [0.25, 0.3) is 5.91 Å².